The first kappa shape index (κ1) is 12.0. The summed E-state index contributed by atoms with van der Waals surface area (Å²) >= 11 is 0. The normalized spacial score (nSPS) is 10.1. The highest BCUT2D eigenvalue weighted by Gasteiger charge is 2.08. The number of benzene rings is 1. The van der Waals surface area contributed by atoms with Gasteiger partial charge >= 0.3 is 0 Å². The van der Waals surface area contributed by atoms with Crippen molar-refractivity contribution in [3.05, 3.63) is 64.1 Å². The van der Waals surface area contributed by atoms with Gasteiger partial charge in [-0.05, 0) is 6.07 Å². The molecule has 0 saturated carbocycles. The molecular formula is C12H10FN3O2. The van der Waals surface area contributed by atoms with Crippen molar-refractivity contribution in [3.63, 3.8) is 0 Å². The first-order chi connectivity index (χ1) is 8.66. The summed E-state index contributed by atoms with van der Waals surface area (Å²) in [5, 5.41) is 2.49. The summed E-state index contributed by atoms with van der Waals surface area (Å²) in [6, 6.07) is 7.21. The number of nitrogens with zero attached hydrogens (tertiary/aromatic N) is 1. The van der Waals surface area contributed by atoms with Gasteiger partial charge in [-0.2, -0.15) is 0 Å². The molecule has 1 amide bonds. The van der Waals surface area contributed by atoms with Crippen LogP contribution >= 0.6 is 0 Å². The van der Waals surface area contributed by atoms with Gasteiger partial charge in [0.1, 0.15) is 11.5 Å². The van der Waals surface area contributed by atoms with E-state index < -0.39 is 17.3 Å². The number of carbonyl (C=O) groups is 1. The van der Waals surface area contributed by atoms with Crippen molar-refractivity contribution < 1.29 is 9.18 Å². The Morgan fingerprint density at radius 1 is 1.39 bits per heavy atom. The summed E-state index contributed by atoms with van der Waals surface area (Å²) in [7, 11) is 0. The molecule has 6 heteroatoms. The second-order valence-electron chi connectivity index (χ2n) is 3.57. The van der Waals surface area contributed by atoms with Gasteiger partial charge in [-0.1, -0.05) is 18.2 Å². The lowest BCUT2D eigenvalue weighted by molar-refractivity contribution is 0.0945. The molecule has 1 heterocycles. The van der Waals surface area contributed by atoms with E-state index in [1.165, 1.54) is 6.07 Å². The average molecular weight is 247 g/mol. The van der Waals surface area contributed by atoms with Crippen LogP contribution < -0.4 is 10.9 Å². The molecule has 1 aromatic heterocycles. The molecule has 0 atom stereocenters. The maximum atomic E-state index is 13.3. The van der Waals surface area contributed by atoms with Crippen LogP contribution in [0.2, 0.25) is 0 Å². The van der Waals surface area contributed by atoms with Crippen molar-refractivity contribution in [2.24, 2.45) is 0 Å². The van der Waals surface area contributed by atoms with E-state index in [4.69, 9.17) is 0 Å². The lowest BCUT2D eigenvalue weighted by Gasteiger charge is -2.05. The molecule has 0 aliphatic rings. The van der Waals surface area contributed by atoms with E-state index >= 15 is 0 Å². The van der Waals surface area contributed by atoms with Crippen molar-refractivity contribution in [2.45, 2.75) is 6.54 Å². The van der Waals surface area contributed by atoms with Crippen molar-refractivity contribution in [1.29, 1.82) is 0 Å². The quantitative estimate of drug-likeness (QED) is 0.843. The van der Waals surface area contributed by atoms with Gasteiger partial charge in [0.25, 0.3) is 11.5 Å². The minimum atomic E-state index is -0.524. The minimum absolute atomic E-state index is 0.00455. The fraction of sp³-hybridized carbons (Fsp3) is 0.0833. The molecule has 2 aromatic rings. The Morgan fingerprint density at radius 2 is 2.17 bits per heavy atom. The van der Waals surface area contributed by atoms with Crippen molar-refractivity contribution in [2.75, 3.05) is 0 Å². The Hall–Kier alpha value is -2.50. The SMILES string of the molecule is O=C(NCc1ccccc1F)c1cc(=O)[nH]cn1. The molecule has 0 bridgehead atoms. The third kappa shape index (κ3) is 2.79. The molecule has 18 heavy (non-hydrogen) atoms. The van der Waals surface area contributed by atoms with E-state index in [2.05, 4.69) is 15.3 Å². The molecule has 1 aromatic carbocycles. The number of hydrogen-bond acceptors (Lipinski definition) is 3. The van der Waals surface area contributed by atoms with Crippen LogP contribution in [0.15, 0.2) is 41.5 Å². The van der Waals surface area contributed by atoms with Gasteiger partial charge in [-0.3, -0.25) is 9.59 Å². The molecule has 0 aliphatic heterocycles. The molecule has 0 radical (unpaired) electrons. The van der Waals surface area contributed by atoms with Crippen LogP contribution in [0.1, 0.15) is 16.1 Å². The predicted octanol–water partition coefficient (Wildman–Crippen LogP) is 0.839. The fourth-order valence-corrected chi connectivity index (χ4v) is 1.40. The zero-order valence-electron chi connectivity index (χ0n) is 9.31. The topological polar surface area (TPSA) is 74.8 Å². The zero-order chi connectivity index (χ0) is 13.0. The second-order valence-corrected chi connectivity index (χ2v) is 3.57. The van der Waals surface area contributed by atoms with E-state index in [9.17, 15) is 14.0 Å². The van der Waals surface area contributed by atoms with Crippen molar-refractivity contribution in [1.82, 2.24) is 15.3 Å². The van der Waals surface area contributed by atoms with Crippen LogP contribution in [0.3, 0.4) is 0 Å². The van der Waals surface area contributed by atoms with Gasteiger partial charge in [0.2, 0.25) is 0 Å². The maximum Gasteiger partial charge on any atom is 0.270 e. The number of H-pyrrole nitrogens is 1. The summed E-state index contributed by atoms with van der Waals surface area (Å²) in [6.45, 7) is 0.0417. The first-order valence-corrected chi connectivity index (χ1v) is 5.23. The maximum absolute atomic E-state index is 13.3. The molecule has 0 aliphatic carbocycles. The van der Waals surface area contributed by atoms with Crippen molar-refractivity contribution in [3.8, 4) is 0 Å². The molecule has 2 rings (SSSR count). The number of nitrogens with one attached hydrogen (secondary N) is 2. The highest BCUT2D eigenvalue weighted by molar-refractivity contribution is 5.91. The molecule has 0 spiro atoms. The fourth-order valence-electron chi connectivity index (χ4n) is 1.40. The monoisotopic (exact) mass is 247 g/mol. The minimum Gasteiger partial charge on any atom is -0.347 e. The zero-order valence-corrected chi connectivity index (χ0v) is 9.31. The second kappa shape index (κ2) is 5.22. The highest BCUT2D eigenvalue weighted by Crippen LogP contribution is 2.05. The highest BCUT2D eigenvalue weighted by atomic mass is 19.1. The Labute approximate surface area is 102 Å². The van der Waals surface area contributed by atoms with Gasteiger partial charge in [0, 0.05) is 18.2 Å². The Bertz CT molecular complexity index is 624. The number of rotatable bonds is 3. The van der Waals surface area contributed by atoms with E-state index in [-0.39, 0.29) is 12.2 Å². The van der Waals surface area contributed by atoms with Crippen LogP contribution in [-0.2, 0) is 6.54 Å². The van der Waals surface area contributed by atoms with Crippen LogP contribution in [0.4, 0.5) is 4.39 Å². The van der Waals surface area contributed by atoms with Gasteiger partial charge < -0.3 is 10.3 Å². The number of amides is 1. The van der Waals surface area contributed by atoms with Crippen molar-refractivity contribution >= 4 is 5.91 Å². The Morgan fingerprint density at radius 3 is 2.89 bits per heavy atom. The van der Waals surface area contributed by atoms with Gasteiger partial charge in [0.05, 0.1) is 6.33 Å². The van der Waals surface area contributed by atoms with E-state index in [1.807, 2.05) is 0 Å². The number of aromatic amines is 1. The van der Waals surface area contributed by atoms with Crippen LogP contribution in [0.25, 0.3) is 0 Å². The smallest absolute Gasteiger partial charge is 0.270 e. The van der Waals surface area contributed by atoms with Gasteiger partial charge in [-0.15, -0.1) is 0 Å². The van der Waals surface area contributed by atoms with Gasteiger partial charge in [0.15, 0.2) is 0 Å². The molecule has 0 saturated heterocycles. The summed E-state index contributed by atoms with van der Waals surface area (Å²) in [5.74, 6) is -0.916. The lowest BCUT2D eigenvalue weighted by Crippen LogP contribution is -2.25. The molecule has 0 fully saturated rings. The largest absolute Gasteiger partial charge is 0.347 e. The van der Waals surface area contributed by atoms with E-state index in [0.717, 1.165) is 12.4 Å². The van der Waals surface area contributed by atoms with Crippen LogP contribution in [0, 0.1) is 5.82 Å². The third-order valence-corrected chi connectivity index (χ3v) is 2.31. The van der Waals surface area contributed by atoms with Crippen LogP contribution in [-0.4, -0.2) is 15.9 Å². The average Bonchev–Trinajstić information content (AvgIpc) is 2.37. The number of halogens is 1. The standard InChI is InChI=1S/C12H10FN3O2/c13-9-4-2-1-3-8(9)6-14-12(18)10-5-11(17)16-7-15-10/h1-5,7H,6H2,(H,14,18)(H,15,16,17). The van der Waals surface area contributed by atoms with E-state index in [0.29, 0.717) is 5.56 Å². The summed E-state index contributed by atoms with van der Waals surface area (Å²) in [6.07, 6.45) is 1.14. The summed E-state index contributed by atoms with van der Waals surface area (Å²) in [4.78, 5) is 28.6. The lowest BCUT2D eigenvalue weighted by atomic mass is 10.2. The first-order valence-electron chi connectivity index (χ1n) is 5.23. The number of carbonyl (C=O) groups excluding carboxylic acids is 1. The number of aromatic nitrogens is 2. The number of hydrogen-bond donors (Lipinski definition) is 2. The molecular weight excluding hydrogens is 237 g/mol. The predicted molar refractivity (Wildman–Crippen MR) is 62.4 cm³/mol. The molecule has 5 nitrogen and oxygen atoms in total. The molecule has 0 unspecified atom stereocenters. The Balaban J connectivity index is 2.05. The molecule has 2 N–H and O–H groups in total. The summed E-state index contributed by atoms with van der Waals surface area (Å²) in [5.41, 5.74) is -0.0492. The van der Waals surface area contributed by atoms with Crippen LogP contribution in [0.5, 0.6) is 0 Å². The Kier molecular flexibility index (Phi) is 3.47. The molecule has 92 valence electrons. The van der Waals surface area contributed by atoms with Gasteiger partial charge in [-0.25, -0.2) is 9.37 Å². The van der Waals surface area contributed by atoms with E-state index in [1.54, 1.807) is 18.2 Å². The summed E-state index contributed by atoms with van der Waals surface area (Å²) < 4.78 is 13.3. The third-order valence-electron chi connectivity index (χ3n) is 2.31.